The van der Waals surface area contributed by atoms with Crippen molar-refractivity contribution in [3.05, 3.63) is 95.6 Å². The van der Waals surface area contributed by atoms with E-state index in [1.165, 1.54) is 21.3 Å². The van der Waals surface area contributed by atoms with Crippen molar-refractivity contribution in [2.24, 2.45) is 0 Å². The number of para-hydroxylation sites is 1. The van der Waals surface area contributed by atoms with E-state index in [2.05, 4.69) is 5.32 Å². The number of nitrogens with zero attached hydrogens (tertiary/aromatic N) is 2. The first-order valence-corrected chi connectivity index (χ1v) is 14.8. The minimum Gasteiger partial charge on any atom is -0.352 e. The van der Waals surface area contributed by atoms with E-state index in [1.54, 1.807) is 37.3 Å². The molecule has 7 nitrogen and oxygen atoms in total. The van der Waals surface area contributed by atoms with Crippen LogP contribution in [0.1, 0.15) is 50.8 Å². The summed E-state index contributed by atoms with van der Waals surface area (Å²) < 4.78 is 29.0. The molecule has 2 amide bonds. The highest BCUT2D eigenvalue weighted by Crippen LogP contribution is 2.28. The number of rotatable bonds is 12. The summed E-state index contributed by atoms with van der Waals surface area (Å²) >= 11 is 0. The van der Waals surface area contributed by atoms with Crippen molar-refractivity contribution in [2.75, 3.05) is 10.8 Å². The Morgan fingerprint density at radius 2 is 1.49 bits per heavy atom. The van der Waals surface area contributed by atoms with Crippen LogP contribution in [0.3, 0.4) is 0 Å². The second-order valence-electron chi connectivity index (χ2n) is 9.81. The molecule has 0 saturated carbocycles. The molecule has 3 rings (SSSR count). The molecule has 0 aliphatic heterocycles. The molecule has 1 N–H and O–H groups in total. The maximum Gasteiger partial charge on any atom is 0.264 e. The number of hydrogen-bond donors (Lipinski definition) is 1. The van der Waals surface area contributed by atoms with Crippen LogP contribution in [0, 0.1) is 6.92 Å². The largest absolute Gasteiger partial charge is 0.352 e. The van der Waals surface area contributed by atoms with Gasteiger partial charge in [0.2, 0.25) is 11.8 Å². The molecule has 0 radical (unpaired) electrons. The van der Waals surface area contributed by atoms with Gasteiger partial charge in [-0.25, -0.2) is 8.42 Å². The van der Waals surface area contributed by atoms with Gasteiger partial charge in [-0.05, 0) is 62.9 Å². The van der Waals surface area contributed by atoms with Crippen molar-refractivity contribution < 1.29 is 18.0 Å². The molecule has 2 atom stereocenters. The van der Waals surface area contributed by atoms with Crippen molar-refractivity contribution in [1.82, 2.24) is 10.2 Å². The van der Waals surface area contributed by atoms with Crippen molar-refractivity contribution in [3.63, 3.8) is 0 Å². The Morgan fingerprint density at radius 1 is 0.872 bits per heavy atom. The molecular formula is C31H39N3O4S. The van der Waals surface area contributed by atoms with Gasteiger partial charge in [-0.3, -0.25) is 13.9 Å². The van der Waals surface area contributed by atoms with Gasteiger partial charge in [0.1, 0.15) is 12.6 Å². The molecule has 0 aliphatic rings. The van der Waals surface area contributed by atoms with Crippen LogP contribution in [0.25, 0.3) is 0 Å². The number of hydrogen-bond acceptors (Lipinski definition) is 4. The predicted octanol–water partition coefficient (Wildman–Crippen LogP) is 5.08. The fraction of sp³-hybridized carbons (Fsp3) is 0.355. The molecule has 3 aromatic carbocycles. The molecule has 8 heteroatoms. The molecule has 3 aromatic rings. The lowest BCUT2D eigenvalue weighted by Gasteiger charge is -2.33. The third-order valence-corrected chi connectivity index (χ3v) is 8.67. The highest BCUT2D eigenvalue weighted by molar-refractivity contribution is 7.92. The Morgan fingerprint density at radius 3 is 2.10 bits per heavy atom. The third kappa shape index (κ3) is 7.47. The SMILES string of the molecule is CCc1ccccc1N(CC(=O)N(Cc1ccc(C)cc1)C(C)C(=O)NC(C)CC)S(=O)(=O)c1ccccc1. The highest BCUT2D eigenvalue weighted by atomic mass is 32.2. The van der Waals surface area contributed by atoms with Gasteiger partial charge in [0, 0.05) is 12.6 Å². The molecule has 0 aliphatic carbocycles. The standard InChI is InChI=1S/C31H39N3O4S/c1-6-24(4)32-31(36)25(5)33(21-26-19-17-23(3)18-20-26)30(35)22-34(29-16-12-11-13-27(29)7-2)39(37,38)28-14-9-8-10-15-28/h8-20,24-25H,6-7,21-22H2,1-5H3,(H,32,36). The second kappa shape index (κ2) is 13.4. The summed E-state index contributed by atoms with van der Waals surface area (Å²) in [4.78, 5) is 28.7. The predicted molar refractivity (Wildman–Crippen MR) is 156 cm³/mol. The molecular weight excluding hydrogens is 510 g/mol. The van der Waals surface area contributed by atoms with Crippen molar-refractivity contribution in [3.8, 4) is 0 Å². The Balaban J connectivity index is 2.04. The fourth-order valence-electron chi connectivity index (χ4n) is 4.22. The monoisotopic (exact) mass is 549 g/mol. The smallest absolute Gasteiger partial charge is 0.264 e. The van der Waals surface area contributed by atoms with E-state index in [4.69, 9.17) is 0 Å². The molecule has 0 heterocycles. The van der Waals surface area contributed by atoms with Crippen molar-refractivity contribution in [2.45, 2.75) is 71.0 Å². The Hall–Kier alpha value is -3.65. The minimum atomic E-state index is -4.08. The molecule has 39 heavy (non-hydrogen) atoms. The minimum absolute atomic E-state index is 0.0531. The van der Waals surface area contributed by atoms with Gasteiger partial charge in [-0.1, -0.05) is 80.1 Å². The second-order valence-corrected chi connectivity index (χ2v) is 11.7. The molecule has 0 fully saturated rings. The molecule has 2 unspecified atom stereocenters. The zero-order valence-electron chi connectivity index (χ0n) is 23.4. The Labute approximate surface area is 232 Å². The molecule has 0 spiro atoms. The van der Waals surface area contributed by atoms with Crippen molar-refractivity contribution >= 4 is 27.5 Å². The summed E-state index contributed by atoms with van der Waals surface area (Å²) in [7, 11) is -4.08. The van der Waals surface area contributed by atoms with E-state index in [0.717, 1.165) is 23.1 Å². The fourth-order valence-corrected chi connectivity index (χ4v) is 5.70. The van der Waals surface area contributed by atoms with Gasteiger partial charge < -0.3 is 10.2 Å². The summed E-state index contributed by atoms with van der Waals surface area (Å²) in [5.41, 5.74) is 3.18. The molecule has 208 valence electrons. The molecule has 0 bridgehead atoms. The summed E-state index contributed by atoms with van der Waals surface area (Å²) in [5.74, 6) is -0.746. The highest BCUT2D eigenvalue weighted by Gasteiger charge is 2.33. The Bertz CT molecular complexity index is 1360. The number of anilines is 1. The number of benzene rings is 3. The van der Waals surface area contributed by atoms with Gasteiger partial charge in [0.05, 0.1) is 10.6 Å². The van der Waals surface area contributed by atoms with Crippen LogP contribution >= 0.6 is 0 Å². The maximum atomic E-state index is 14.0. The lowest BCUT2D eigenvalue weighted by Crippen LogP contribution is -2.52. The van der Waals surface area contributed by atoms with Gasteiger partial charge >= 0.3 is 0 Å². The van der Waals surface area contributed by atoms with E-state index in [1.807, 2.05) is 64.1 Å². The van der Waals surface area contributed by atoms with Crippen LogP contribution < -0.4 is 9.62 Å². The van der Waals surface area contributed by atoms with Gasteiger partial charge in [-0.2, -0.15) is 0 Å². The average Bonchev–Trinajstić information content (AvgIpc) is 2.95. The average molecular weight is 550 g/mol. The summed E-state index contributed by atoms with van der Waals surface area (Å²) in [5, 5.41) is 2.95. The number of sulfonamides is 1. The summed E-state index contributed by atoms with van der Waals surface area (Å²) in [6.45, 7) is 9.21. The van der Waals surface area contributed by atoms with Crippen LogP contribution in [-0.2, 0) is 32.6 Å². The Kier molecular flexibility index (Phi) is 10.3. The van der Waals surface area contributed by atoms with Gasteiger partial charge in [0.25, 0.3) is 10.0 Å². The lowest BCUT2D eigenvalue weighted by molar-refractivity contribution is -0.139. The van der Waals surface area contributed by atoms with Crippen LogP contribution in [0.4, 0.5) is 5.69 Å². The van der Waals surface area contributed by atoms with Gasteiger partial charge in [0.15, 0.2) is 0 Å². The van der Waals surface area contributed by atoms with Crippen LogP contribution in [0.2, 0.25) is 0 Å². The normalized spacial score (nSPS) is 12.8. The first kappa shape index (κ1) is 29.9. The number of amides is 2. The van der Waals surface area contributed by atoms with E-state index >= 15 is 0 Å². The van der Waals surface area contributed by atoms with Crippen LogP contribution in [0.5, 0.6) is 0 Å². The zero-order chi connectivity index (χ0) is 28.6. The quantitative estimate of drug-likeness (QED) is 0.341. The number of nitrogens with one attached hydrogen (secondary N) is 1. The maximum absolute atomic E-state index is 14.0. The van der Waals surface area contributed by atoms with E-state index < -0.39 is 28.5 Å². The van der Waals surface area contributed by atoms with Crippen LogP contribution in [0.15, 0.2) is 83.8 Å². The molecule has 0 aromatic heterocycles. The van der Waals surface area contributed by atoms with Gasteiger partial charge in [-0.15, -0.1) is 0 Å². The van der Waals surface area contributed by atoms with Crippen molar-refractivity contribution in [1.29, 1.82) is 0 Å². The first-order chi connectivity index (χ1) is 18.6. The number of carbonyl (C=O) groups excluding carboxylic acids is 2. The van der Waals surface area contributed by atoms with E-state index in [-0.39, 0.29) is 23.4 Å². The van der Waals surface area contributed by atoms with E-state index in [0.29, 0.717) is 12.1 Å². The number of carbonyl (C=O) groups is 2. The first-order valence-electron chi connectivity index (χ1n) is 13.4. The van der Waals surface area contributed by atoms with E-state index in [9.17, 15) is 18.0 Å². The number of aryl methyl sites for hydroxylation is 2. The molecule has 0 saturated heterocycles. The topological polar surface area (TPSA) is 86.8 Å². The third-order valence-electron chi connectivity index (χ3n) is 6.89. The lowest BCUT2D eigenvalue weighted by atomic mass is 10.1. The zero-order valence-corrected chi connectivity index (χ0v) is 24.2. The summed E-state index contributed by atoms with van der Waals surface area (Å²) in [6, 6.07) is 22.2. The summed E-state index contributed by atoms with van der Waals surface area (Å²) in [6.07, 6.45) is 1.34. The van der Waals surface area contributed by atoms with Crippen LogP contribution in [-0.4, -0.2) is 43.8 Å².